The van der Waals surface area contributed by atoms with Crippen LogP contribution in [0.4, 0.5) is 5.82 Å². The third-order valence-electron chi connectivity index (χ3n) is 2.36. The quantitative estimate of drug-likeness (QED) is 0.665. The van der Waals surface area contributed by atoms with Gasteiger partial charge in [-0.15, -0.1) is 0 Å². The van der Waals surface area contributed by atoms with E-state index in [0.717, 1.165) is 43.5 Å². The van der Waals surface area contributed by atoms with Gasteiger partial charge >= 0.3 is 0 Å². The lowest BCUT2D eigenvalue weighted by Crippen LogP contribution is -2.37. The first-order valence-electron chi connectivity index (χ1n) is 4.90. The Morgan fingerprint density at radius 1 is 1.29 bits per heavy atom. The summed E-state index contributed by atoms with van der Waals surface area (Å²) in [7, 11) is 0. The summed E-state index contributed by atoms with van der Waals surface area (Å²) < 4.78 is 5.30. The number of hydrogen-bond acceptors (Lipinski definition) is 4. The number of aryl methyl sites for hydroxylation is 2. The lowest BCUT2D eigenvalue weighted by atomic mass is 10.3. The van der Waals surface area contributed by atoms with Gasteiger partial charge < -0.3 is 9.64 Å². The van der Waals surface area contributed by atoms with Crippen LogP contribution in [-0.2, 0) is 4.74 Å². The molecule has 14 heavy (non-hydrogen) atoms. The highest BCUT2D eigenvalue weighted by molar-refractivity contribution is 5.43. The van der Waals surface area contributed by atoms with E-state index in [0.29, 0.717) is 0 Å². The van der Waals surface area contributed by atoms with Crippen LogP contribution in [-0.4, -0.2) is 36.3 Å². The second-order valence-corrected chi connectivity index (χ2v) is 3.52. The van der Waals surface area contributed by atoms with E-state index in [1.807, 2.05) is 13.8 Å². The van der Waals surface area contributed by atoms with Gasteiger partial charge in [0.05, 0.1) is 24.6 Å². The fourth-order valence-corrected chi connectivity index (χ4v) is 1.60. The Hall–Kier alpha value is -1.16. The predicted octanol–water partition coefficient (Wildman–Crippen LogP) is 0.930. The van der Waals surface area contributed by atoms with Gasteiger partial charge in [-0.25, -0.2) is 4.98 Å². The summed E-state index contributed by atoms with van der Waals surface area (Å²) in [5.74, 6) is 1.01. The Morgan fingerprint density at radius 3 is 2.71 bits per heavy atom. The van der Waals surface area contributed by atoms with Crippen LogP contribution in [0, 0.1) is 13.8 Å². The van der Waals surface area contributed by atoms with Gasteiger partial charge in [-0.2, -0.15) is 0 Å². The van der Waals surface area contributed by atoms with Crippen molar-refractivity contribution in [1.29, 1.82) is 0 Å². The second-order valence-electron chi connectivity index (χ2n) is 3.52. The van der Waals surface area contributed by atoms with Gasteiger partial charge in [0, 0.05) is 19.3 Å². The van der Waals surface area contributed by atoms with Gasteiger partial charge in [0.25, 0.3) is 0 Å². The minimum atomic E-state index is 0.787. The first-order chi connectivity index (χ1) is 6.77. The largest absolute Gasteiger partial charge is 0.378 e. The maximum Gasteiger partial charge on any atom is 0.150 e. The fourth-order valence-electron chi connectivity index (χ4n) is 1.60. The molecule has 1 aliphatic heterocycles. The summed E-state index contributed by atoms with van der Waals surface area (Å²) in [6.07, 6.45) is 1.80. The lowest BCUT2D eigenvalue weighted by molar-refractivity contribution is 0.122. The molecule has 1 fully saturated rings. The average molecular weight is 193 g/mol. The zero-order chi connectivity index (χ0) is 9.97. The van der Waals surface area contributed by atoms with Crippen molar-refractivity contribution in [2.45, 2.75) is 13.8 Å². The molecule has 0 spiro atoms. The molecule has 1 aliphatic rings. The topological polar surface area (TPSA) is 38.2 Å². The smallest absolute Gasteiger partial charge is 0.150 e. The SMILES string of the molecule is Cc1cnc(C)c(N2CCOCC2)n1. The van der Waals surface area contributed by atoms with E-state index in [-0.39, 0.29) is 0 Å². The zero-order valence-corrected chi connectivity index (χ0v) is 8.66. The molecule has 0 saturated carbocycles. The molecule has 4 nitrogen and oxygen atoms in total. The molecule has 2 rings (SSSR count). The van der Waals surface area contributed by atoms with Gasteiger partial charge in [-0.3, -0.25) is 4.98 Å². The molecule has 0 unspecified atom stereocenters. The Bertz CT molecular complexity index is 321. The Morgan fingerprint density at radius 2 is 2.00 bits per heavy atom. The monoisotopic (exact) mass is 193 g/mol. The Labute approximate surface area is 83.9 Å². The maximum atomic E-state index is 5.30. The van der Waals surface area contributed by atoms with E-state index in [1.54, 1.807) is 6.20 Å². The number of nitrogens with zero attached hydrogens (tertiary/aromatic N) is 3. The van der Waals surface area contributed by atoms with Crippen molar-refractivity contribution >= 4 is 5.82 Å². The van der Waals surface area contributed by atoms with Crippen molar-refractivity contribution in [3.05, 3.63) is 17.6 Å². The van der Waals surface area contributed by atoms with Crippen LogP contribution in [0.1, 0.15) is 11.4 Å². The summed E-state index contributed by atoms with van der Waals surface area (Å²) >= 11 is 0. The molecule has 0 atom stereocenters. The van der Waals surface area contributed by atoms with E-state index in [1.165, 1.54) is 0 Å². The molecule has 4 heteroatoms. The molecule has 76 valence electrons. The molecule has 0 radical (unpaired) electrons. The Balaban J connectivity index is 2.24. The molecule has 0 aromatic carbocycles. The lowest BCUT2D eigenvalue weighted by Gasteiger charge is -2.28. The molecule has 1 aromatic rings. The van der Waals surface area contributed by atoms with Gasteiger partial charge in [0.15, 0.2) is 0 Å². The summed E-state index contributed by atoms with van der Waals surface area (Å²) in [4.78, 5) is 11.0. The number of morpholine rings is 1. The first kappa shape index (κ1) is 9.40. The van der Waals surface area contributed by atoms with E-state index < -0.39 is 0 Å². The normalized spacial score (nSPS) is 17.1. The average Bonchev–Trinajstić information content (AvgIpc) is 2.23. The third kappa shape index (κ3) is 1.85. The van der Waals surface area contributed by atoms with Crippen LogP contribution in [0.15, 0.2) is 6.20 Å². The number of rotatable bonds is 1. The van der Waals surface area contributed by atoms with Crippen molar-refractivity contribution in [3.8, 4) is 0 Å². The van der Waals surface area contributed by atoms with E-state index in [2.05, 4.69) is 14.9 Å². The summed E-state index contributed by atoms with van der Waals surface area (Å²) in [5, 5.41) is 0. The standard InChI is InChI=1S/C10H15N3O/c1-8-7-11-9(2)10(12-8)13-3-5-14-6-4-13/h7H,3-6H2,1-2H3. The van der Waals surface area contributed by atoms with Crippen LogP contribution in [0.3, 0.4) is 0 Å². The van der Waals surface area contributed by atoms with Crippen molar-refractivity contribution in [1.82, 2.24) is 9.97 Å². The minimum absolute atomic E-state index is 0.787. The highest BCUT2D eigenvalue weighted by atomic mass is 16.5. The molecular formula is C10H15N3O. The highest BCUT2D eigenvalue weighted by Gasteiger charge is 2.14. The molecule has 0 amide bonds. The molecule has 1 aromatic heterocycles. The minimum Gasteiger partial charge on any atom is -0.378 e. The summed E-state index contributed by atoms with van der Waals surface area (Å²) in [6.45, 7) is 7.37. The zero-order valence-electron chi connectivity index (χ0n) is 8.66. The van der Waals surface area contributed by atoms with Crippen LogP contribution < -0.4 is 4.90 Å². The van der Waals surface area contributed by atoms with Crippen LogP contribution in [0.5, 0.6) is 0 Å². The molecule has 0 N–H and O–H groups in total. The second kappa shape index (κ2) is 3.92. The number of hydrogen-bond donors (Lipinski definition) is 0. The highest BCUT2D eigenvalue weighted by Crippen LogP contribution is 2.16. The molecule has 0 aliphatic carbocycles. The van der Waals surface area contributed by atoms with Crippen molar-refractivity contribution < 1.29 is 4.74 Å². The first-order valence-corrected chi connectivity index (χ1v) is 4.90. The Kier molecular flexibility index (Phi) is 2.63. The van der Waals surface area contributed by atoms with E-state index in [4.69, 9.17) is 4.74 Å². The summed E-state index contributed by atoms with van der Waals surface area (Å²) in [5.41, 5.74) is 1.97. The molecule has 0 bridgehead atoms. The van der Waals surface area contributed by atoms with Gasteiger partial charge in [-0.05, 0) is 13.8 Å². The van der Waals surface area contributed by atoms with Crippen molar-refractivity contribution in [2.24, 2.45) is 0 Å². The van der Waals surface area contributed by atoms with Gasteiger partial charge in [-0.1, -0.05) is 0 Å². The fraction of sp³-hybridized carbons (Fsp3) is 0.600. The van der Waals surface area contributed by atoms with E-state index >= 15 is 0 Å². The van der Waals surface area contributed by atoms with E-state index in [9.17, 15) is 0 Å². The van der Waals surface area contributed by atoms with Crippen LogP contribution in [0.2, 0.25) is 0 Å². The van der Waals surface area contributed by atoms with Gasteiger partial charge in [0.2, 0.25) is 0 Å². The number of aromatic nitrogens is 2. The van der Waals surface area contributed by atoms with Crippen LogP contribution in [0.25, 0.3) is 0 Å². The number of anilines is 1. The third-order valence-corrected chi connectivity index (χ3v) is 2.36. The van der Waals surface area contributed by atoms with Gasteiger partial charge in [0.1, 0.15) is 5.82 Å². The van der Waals surface area contributed by atoms with Crippen molar-refractivity contribution in [2.75, 3.05) is 31.2 Å². The summed E-state index contributed by atoms with van der Waals surface area (Å²) in [6, 6.07) is 0. The predicted molar refractivity (Wildman–Crippen MR) is 54.5 cm³/mol. The maximum absolute atomic E-state index is 5.30. The molecule has 1 saturated heterocycles. The molecule has 2 heterocycles. The van der Waals surface area contributed by atoms with Crippen molar-refractivity contribution in [3.63, 3.8) is 0 Å². The van der Waals surface area contributed by atoms with Crippen LogP contribution >= 0.6 is 0 Å². The number of ether oxygens (including phenoxy) is 1. The molecular weight excluding hydrogens is 178 g/mol.